The molecule has 0 bridgehead atoms. The van der Waals surface area contributed by atoms with E-state index in [0.717, 1.165) is 36.3 Å². The smallest absolute Gasteiger partial charge is 0.399 e. The summed E-state index contributed by atoms with van der Waals surface area (Å²) >= 11 is 6.24. The zero-order valence-corrected chi connectivity index (χ0v) is 13.5. The predicted octanol–water partition coefficient (Wildman–Crippen LogP) is 5.36. The monoisotopic (exact) mass is 342 g/mol. The highest BCUT2D eigenvalue weighted by molar-refractivity contribution is 6.33. The number of halogens is 4. The van der Waals surface area contributed by atoms with E-state index in [2.05, 4.69) is 0 Å². The van der Waals surface area contributed by atoms with Gasteiger partial charge in [-0.2, -0.15) is 13.2 Å². The molecule has 0 unspecified atom stereocenters. The third-order valence-corrected chi connectivity index (χ3v) is 3.76. The van der Waals surface area contributed by atoms with Crippen molar-refractivity contribution in [2.24, 2.45) is 0 Å². The van der Waals surface area contributed by atoms with Crippen LogP contribution in [0.25, 0.3) is 0 Å². The van der Waals surface area contributed by atoms with Gasteiger partial charge in [-0.1, -0.05) is 30.7 Å². The summed E-state index contributed by atoms with van der Waals surface area (Å²) in [6, 6.07) is 10.5. The highest BCUT2D eigenvalue weighted by Gasteiger charge is 2.29. The average Bonchev–Trinajstić information content (AvgIpc) is 2.46. The molecule has 124 valence electrons. The Hall–Kier alpha value is -1.88. The molecular weight excluding hydrogens is 325 g/mol. The van der Waals surface area contributed by atoms with Crippen LogP contribution in [-0.2, 0) is 12.7 Å². The molecule has 0 aliphatic carbocycles. The Morgan fingerprint density at radius 1 is 1.09 bits per heavy atom. The van der Waals surface area contributed by atoms with Gasteiger partial charge in [-0.05, 0) is 42.3 Å². The van der Waals surface area contributed by atoms with Crippen LogP contribution in [0.1, 0.15) is 24.5 Å². The van der Waals surface area contributed by atoms with Crippen molar-refractivity contribution in [3.05, 3.63) is 58.6 Å². The third-order valence-electron chi connectivity index (χ3n) is 3.46. The SMILES string of the molecule is CCCN(Cc1ccc(C(F)(F)F)cc1)c1ccc(N)cc1Cl. The van der Waals surface area contributed by atoms with Gasteiger partial charge in [0.25, 0.3) is 0 Å². The van der Waals surface area contributed by atoms with Crippen LogP contribution in [0, 0.1) is 0 Å². The molecule has 0 saturated heterocycles. The number of benzene rings is 2. The molecule has 2 aromatic carbocycles. The Morgan fingerprint density at radius 2 is 1.74 bits per heavy atom. The Balaban J connectivity index is 2.22. The number of hydrogen-bond donors (Lipinski definition) is 1. The fourth-order valence-electron chi connectivity index (χ4n) is 2.35. The van der Waals surface area contributed by atoms with E-state index in [9.17, 15) is 13.2 Å². The fraction of sp³-hybridized carbons (Fsp3) is 0.294. The van der Waals surface area contributed by atoms with Crippen molar-refractivity contribution in [3.8, 4) is 0 Å². The first-order valence-corrected chi connectivity index (χ1v) is 7.65. The number of nitrogen functional groups attached to an aromatic ring is 1. The lowest BCUT2D eigenvalue weighted by atomic mass is 10.1. The van der Waals surface area contributed by atoms with Crippen LogP contribution >= 0.6 is 11.6 Å². The second-order valence-corrected chi connectivity index (χ2v) is 5.73. The molecule has 0 fully saturated rings. The van der Waals surface area contributed by atoms with E-state index >= 15 is 0 Å². The normalized spacial score (nSPS) is 11.5. The summed E-state index contributed by atoms with van der Waals surface area (Å²) < 4.78 is 37.9. The minimum atomic E-state index is -4.32. The van der Waals surface area contributed by atoms with Gasteiger partial charge >= 0.3 is 6.18 Å². The molecule has 2 nitrogen and oxygen atoms in total. The molecule has 0 saturated carbocycles. The maximum Gasteiger partial charge on any atom is 0.416 e. The molecule has 23 heavy (non-hydrogen) atoms. The Morgan fingerprint density at radius 3 is 2.26 bits per heavy atom. The summed E-state index contributed by atoms with van der Waals surface area (Å²) in [5.41, 5.74) is 7.24. The van der Waals surface area contributed by atoms with Crippen LogP contribution in [0.4, 0.5) is 24.5 Å². The molecule has 0 spiro atoms. The molecule has 0 aliphatic rings. The lowest BCUT2D eigenvalue weighted by Crippen LogP contribution is -2.23. The van der Waals surface area contributed by atoms with Gasteiger partial charge in [0.05, 0.1) is 16.3 Å². The van der Waals surface area contributed by atoms with E-state index in [0.29, 0.717) is 17.3 Å². The Kier molecular flexibility index (Phi) is 5.42. The maximum atomic E-state index is 12.6. The number of alkyl halides is 3. The summed E-state index contributed by atoms with van der Waals surface area (Å²) in [6.07, 6.45) is -3.43. The van der Waals surface area contributed by atoms with E-state index in [1.165, 1.54) is 12.1 Å². The van der Waals surface area contributed by atoms with Gasteiger partial charge in [-0.15, -0.1) is 0 Å². The first-order chi connectivity index (χ1) is 10.8. The number of rotatable bonds is 5. The first kappa shape index (κ1) is 17.5. The van der Waals surface area contributed by atoms with Crippen molar-refractivity contribution < 1.29 is 13.2 Å². The van der Waals surface area contributed by atoms with Gasteiger partial charge in [0.2, 0.25) is 0 Å². The molecule has 2 aromatic rings. The minimum Gasteiger partial charge on any atom is -0.399 e. The van der Waals surface area contributed by atoms with Gasteiger partial charge in [-0.3, -0.25) is 0 Å². The summed E-state index contributed by atoms with van der Waals surface area (Å²) in [5.74, 6) is 0. The van der Waals surface area contributed by atoms with Gasteiger partial charge in [0.15, 0.2) is 0 Å². The molecule has 0 aromatic heterocycles. The second-order valence-electron chi connectivity index (χ2n) is 5.33. The number of anilines is 2. The van der Waals surface area contributed by atoms with E-state index in [4.69, 9.17) is 17.3 Å². The first-order valence-electron chi connectivity index (χ1n) is 7.27. The summed E-state index contributed by atoms with van der Waals surface area (Å²) in [7, 11) is 0. The van der Waals surface area contributed by atoms with Crippen molar-refractivity contribution in [1.82, 2.24) is 0 Å². The largest absolute Gasteiger partial charge is 0.416 e. The van der Waals surface area contributed by atoms with Crippen LogP contribution in [0.2, 0.25) is 5.02 Å². The van der Waals surface area contributed by atoms with E-state index in [-0.39, 0.29) is 0 Å². The van der Waals surface area contributed by atoms with Crippen LogP contribution in [0.5, 0.6) is 0 Å². The molecule has 6 heteroatoms. The zero-order valence-electron chi connectivity index (χ0n) is 12.7. The van der Waals surface area contributed by atoms with E-state index in [1.807, 2.05) is 17.9 Å². The van der Waals surface area contributed by atoms with Gasteiger partial charge in [0, 0.05) is 18.8 Å². The average molecular weight is 343 g/mol. The molecule has 0 heterocycles. The lowest BCUT2D eigenvalue weighted by Gasteiger charge is -2.26. The van der Waals surface area contributed by atoms with Crippen molar-refractivity contribution in [2.75, 3.05) is 17.2 Å². The quantitative estimate of drug-likeness (QED) is 0.741. The molecular formula is C17H18ClF3N2. The predicted molar refractivity (Wildman–Crippen MR) is 88.6 cm³/mol. The lowest BCUT2D eigenvalue weighted by molar-refractivity contribution is -0.137. The Bertz CT molecular complexity index is 654. The summed E-state index contributed by atoms with van der Waals surface area (Å²) in [5, 5.41) is 0.533. The van der Waals surface area contributed by atoms with Crippen molar-refractivity contribution in [1.29, 1.82) is 0 Å². The highest BCUT2D eigenvalue weighted by Crippen LogP contribution is 2.31. The number of hydrogen-bond acceptors (Lipinski definition) is 2. The maximum absolute atomic E-state index is 12.6. The van der Waals surface area contributed by atoms with Gasteiger partial charge in [-0.25, -0.2) is 0 Å². The number of nitrogens with two attached hydrogens (primary N) is 1. The van der Waals surface area contributed by atoms with Gasteiger partial charge in [0.1, 0.15) is 0 Å². The molecule has 0 aliphatic heterocycles. The topological polar surface area (TPSA) is 29.3 Å². The van der Waals surface area contributed by atoms with Crippen LogP contribution < -0.4 is 10.6 Å². The minimum absolute atomic E-state index is 0.482. The summed E-state index contributed by atoms with van der Waals surface area (Å²) in [6.45, 7) is 3.26. The van der Waals surface area contributed by atoms with Gasteiger partial charge < -0.3 is 10.6 Å². The summed E-state index contributed by atoms with van der Waals surface area (Å²) in [4.78, 5) is 2.03. The van der Waals surface area contributed by atoms with Crippen molar-refractivity contribution >= 4 is 23.0 Å². The van der Waals surface area contributed by atoms with E-state index < -0.39 is 11.7 Å². The fourth-order valence-corrected chi connectivity index (χ4v) is 2.66. The third kappa shape index (κ3) is 4.55. The highest BCUT2D eigenvalue weighted by atomic mass is 35.5. The molecule has 0 radical (unpaired) electrons. The van der Waals surface area contributed by atoms with E-state index in [1.54, 1.807) is 12.1 Å². The van der Waals surface area contributed by atoms with Crippen LogP contribution in [-0.4, -0.2) is 6.54 Å². The molecule has 0 amide bonds. The van der Waals surface area contributed by atoms with Crippen molar-refractivity contribution in [3.63, 3.8) is 0 Å². The van der Waals surface area contributed by atoms with Crippen LogP contribution in [0.15, 0.2) is 42.5 Å². The zero-order chi connectivity index (χ0) is 17.0. The molecule has 0 atom stereocenters. The van der Waals surface area contributed by atoms with Crippen LogP contribution in [0.3, 0.4) is 0 Å². The Labute approximate surface area is 138 Å². The van der Waals surface area contributed by atoms with Crippen molar-refractivity contribution in [2.45, 2.75) is 26.1 Å². The number of nitrogens with zero attached hydrogens (tertiary/aromatic N) is 1. The second kappa shape index (κ2) is 7.13. The standard InChI is InChI=1S/C17H18ClF3N2/c1-2-9-23(16-8-7-14(22)10-15(16)18)11-12-3-5-13(6-4-12)17(19,20)21/h3-8,10H,2,9,11,22H2,1H3. The molecule has 2 rings (SSSR count). The molecule has 2 N–H and O–H groups in total.